The van der Waals surface area contributed by atoms with Gasteiger partial charge in [0, 0.05) is 0 Å². The Kier molecular flexibility index (Phi) is 3.15. The van der Waals surface area contributed by atoms with Crippen LogP contribution in [0.4, 0.5) is 0 Å². The molecule has 1 aliphatic rings. The van der Waals surface area contributed by atoms with Crippen LogP contribution in [0, 0.1) is 13.8 Å². The first-order chi connectivity index (χ1) is 5.29. The molecule has 1 aromatic rings. The molecule has 60 valence electrons. The van der Waals surface area contributed by atoms with Gasteiger partial charge < -0.3 is 0 Å². The van der Waals surface area contributed by atoms with Crippen molar-refractivity contribution in [3.05, 3.63) is 28.3 Å². The van der Waals surface area contributed by atoms with Crippen molar-refractivity contribution < 1.29 is 18.9 Å². The number of rotatable bonds is 0. The second-order valence-corrected chi connectivity index (χ2v) is 3.67. The molecule has 2 rings (SSSR count). The Morgan fingerprint density at radius 2 is 1.92 bits per heavy atom. The predicted octanol–water partition coefficient (Wildman–Crippen LogP) is -0.0949. The first-order valence-corrected chi connectivity index (χ1v) is 4.53. The zero-order valence-corrected chi connectivity index (χ0v) is 8.41. The van der Waals surface area contributed by atoms with E-state index >= 15 is 0 Å². The summed E-state index contributed by atoms with van der Waals surface area (Å²) in [5, 5.41) is 0. The monoisotopic (exact) mass is 154 g/mol. The van der Waals surface area contributed by atoms with Gasteiger partial charge in [0.05, 0.1) is 0 Å². The molecule has 0 N–H and O–H groups in total. The number of hydrogen-bond acceptors (Lipinski definition) is 0. The van der Waals surface area contributed by atoms with Crippen LogP contribution in [0.1, 0.15) is 35.1 Å². The van der Waals surface area contributed by atoms with Crippen LogP contribution in [0.2, 0.25) is 0 Å². The number of fused-ring (bicyclic) bond motifs is 1. The van der Waals surface area contributed by atoms with Gasteiger partial charge in [-0.05, 0) is 0 Å². The third kappa shape index (κ3) is 1.51. The molecule has 0 bridgehead atoms. The van der Waals surface area contributed by atoms with Crippen LogP contribution in [0.25, 0.3) is 0 Å². The van der Waals surface area contributed by atoms with Gasteiger partial charge in [-0.3, -0.25) is 0 Å². The van der Waals surface area contributed by atoms with E-state index in [1.54, 1.807) is 11.1 Å². The van der Waals surface area contributed by atoms with Crippen molar-refractivity contribution in [2.75, 3.05) is 0 Å². The maximum absolute atomic E-state index is 2.34. The summed E-state index contributed by atoms with van der Waals surface area (Å²) in [6.45, 7) is 4.49. The van der Waals surface area contributed by atoms with Gasteiger partial charge in [0.15, 0.2) is 0 Å². The van der Waals surface area contributed by atoms with Crippen LogP contribution in [0.5, 0.6) is 0 Å². The van der Waals surface area contributed by atoms with E-state index in [1.807, 2.05) is 0 Å². The molecule has 0 amide bonds. The van der Waals surface area contributed by atoms with Crippen LogP contribution in [-0.2, 0) is 12.8 Å². The zero-order valence-electron chi connectivity index (χ0n) is 8.41. The van der Waals surface area contributed by atoms with Crippen LogP contribution < -0.4 is 18.9 Å². The summed E-state index contributed by atoms with van der Waals surface area (Å²) < 4.78 is 0. The molecule has 0 radical (unpaired) electrons. The molecule has 1 aliphatic carbocycles. The average Bonchev–Trinajstić information content (AvgIpc) is 2.30. The molecule has 0 unspecified atom stereocenters. The van der Waals surface area contributed by atoms with Gasteiger partial charge >= 0.3 is 18.9 Å². The molecule has 0 saturated carbocycles. The molecule has 0 fully saturated rings. The van der Waals surface area contributed by atoms with E-state index in [1.165, 1.54) is 36.8 Å². The normalized spacial score (nSPS) is 15.2. The Morgan fingerprint density at radius 3 is 2.58 bits per heavy atom. The zero-order chi connectivity index (χ0) is 7.84. The molecule has 0 saturated heterocycles. The largest absolute Gasteiger partial charge is 1.00 e. The Morgan fingerprint density at radius 1 is 1.25 bits per heavy atom. The molecule has 12 heavy (non-hydrogen) atoms. The molecule has 0 heterocycles. The molecular formula is C11H15Li. The van der Waals surface area contributed by atoms with Crippen LogP contribution >= 0.6 is 0 Å². The van der Waals surface area contributed by atoms with Gasteiger partial charge in [0.1, 0.15) is 0 Å². The van der Waals surface area contributed by atoms with Crippen molar-refractivity contribution in [2.45, 2.75) is 39.5 Å². The van der Waals surface area contributed by atoms with Crippen molar-refractivity contribution in [1.29, 1.82) is 0 Å². The van der Waals surface area contributed by atoms with Crippen molar-refractivity contribution in [3.8, 4) is 0 Å². The summed E-state index contributed by atoms with van der Waals surface area (Å²) in [5.74, 6) is 0. The first-order valence-electron chi connectivity index (χ1n) is 4.53. The SMILES string of the molecule is Cc1c[c-](C)c2c1CCCC2.[Li+]. The molecule has 1 aromatic carbocycles. The molecule has 0 atom stereocenters. The van der Waals surface area contributed by atoms with Crippen LogP contribution in [0.3, 0.4) is 0 Å². The fourth-order valence-electron chi connectivity index (χ4n) is 2.27. The Hall–Kier alpha value is -0.0526. The minimum absolute atomic E-state index is 0. The molecule has 0 aromatic heterocycles. The van der Waals surface area contributed by atoms with E-state index in [2.05, 4.69) is 19.9 Å². The smallest absolute Gasteiger partial charge is 0.198 e. The van der Waals surface area contributed by atoms with Gasteiger partial charge in [0.2, 0.25) is 0 Å². The quantitative estimate of drug-likeness (QED) is 0.362. The van der Waals surface area contributed by atoms with E-state index in [4.69, 9.17) is 0 Å². The Bertz CT molecular complexity index is 244. The molecule has 0 aliphatic heterocycles. The Balaban J connectivity index is 0.000000720. The van der Waals surface area contributed by atoms with Crippen molar-refractivity contribution in [3.63, 3.8) is 0 Å². The molecular weight excluding hydrogens is 139 g/mol. The summed E-state index contributed by atoms with van der Waals surface area (Å²) in [6.07, 6.45) is 5.46. The summed E-state index contributed by atoms with van der Waals surface area (Å²) in [4.78, 5) is 0. The maximum Gasteiger partial charge on any atom is 1.00 e. The third-order valence-corrected chi connectivity index (χ3v) is 2.85. The number of aryl methyl sites for hydroxylation is 2. The molecule has 0 spiro atoms. The second-order valence-electron chi connectivity index (χ2n) is 3.67. The summed E-state index contributed by atoms with van der Waals surface area (Å²) in [7, 11) is 0. The van der Waals surface area contributed by atoms with Gasteiger partial charge in [-0.2, -0.15) is 28.3 Å². The van der Waals surface area contributed by atoms with Gasteiger partial charge in [0.25, 0.3) is 0 Å². The van der Waals surface area contributed by atoms with E-state index in [-0.39, 0.29) is 18.9 Å². The first kappa shape index (κ1) is 10.0. The minimum atomic E-state index is 0. The van der Waals surface area contributed by atoms with Gasteiger partial charge in [-0.15, -0.1) is 0 Å². The third-order valence-electron chi connectivity index (χ3n) is 2.85. The van der Waals surface area contributed by atoms with E-state index < -0.39 is 0 Å². The summed E-state index contributed by atoms with van der Waals surface area (Å²) in [6, 6.07) is 2.34. The van der Waals surface area contributed by atoms with Crippen molar-refractivity contribution >= 4 is 0 Å². The standard InChI is InChI=1S/C11H15.Li/c1-8-7-9(2)11-6-4-3-5-10(8)11;/h7H,3-6H2,1-2H3;/q-1;+1. The minimum Gasteiger partial charge on any atom is -0.198 e. The molecule has 1 heteroatoms. The van der Waals surface area contributed by atoms with E-state index in [0.29, 0.717) is 0 Å². The van der Waals surface area contributed by atoms with Gasteiger partial charge in [-0.1, -0.05) is 39.5 Å². The molecule has 0 nitrogen and oxygen atoms in total. The van der Waals surface area contributed by atoms with Crippen LogP contribution in [0.15, 0.2) is 6.07 Å². The average molecular weight is 154 g/mol. The topological polar surface area (TPSA) is 0 Å². The van der Waals surface area contributed by atoms with Crippen molar-refractivity contribution in [1.82, 2.24) is 0 Å². The van der Waals surface area contributed by atoms with Crippen LogP contribution in [-0.4, -0.2) is 0 Å². The van der Waals surface area contributed by atoms with Gasteiger partial charge in [-0.25, -0.2) is 0 Å². The van der Waals surface area contributed by atoms with E-state index in [0.717, 1.165) is 0 Å². The van der Waals surface area contributed by atoms with E-state index in [9.17, 15) is 0 Å². The maximum atomic E-state index is 2.34. The fourth-order valence-corrected chi connectivity index (χ4v) is 2.27. The Labute approximate surface area is 86.9 Å². The number of hydrogen-bond donors (Lipinski definition) is 0. The van der Waals surface area contributed by atoms with Crippen molar-refractivity contribution in [2.24, 2.45) is 0 Å². The fraction of sp³-hybridized carbons (Fsp3) is 0.545. The predicted molar refractivity (Wildman–Crippen MR) is 48.2 cm³/mol. The second kappa shape index (κ2) is 3.77. The summed E-state index contributed by atoms with van der Waals surface area (Å²) >= 11 is 0. The summed E-state index contributed by atoms with van der Waals surface area (Å²) in [5.41, 5.74) is 6.37.